The van der Waals surface area contributed by atoms with Crippen LogP contribution in [0.1, 0.15) is 132 Å². The van der Waals surface area contributed by atoms with Gasteiger partial charge in [0.1, 0.15) is 5.82 Å². The fraction of sp³-hybridized carbons (Fsp3) is 0.270. The van der Waals surface area contributed by atoms with Crippen molar-refractivity contribution in [3.63, 3.8) is 0 Å². The van der Waals surface area contributed by atoms with Crippen LogP contribution in [-0.2, 0) is 48.1 Å². The molecule has 0 saturated carbocycles. The molecular weight excluding hydrogens is 1250 g/mol. The Hall–Kier alpha value is -7.55. The summed E-state index contributed by atoms with van der Waals surface area (Å²) in [5.74, 6) is -8.62. The molecule has 2 aromatic heterocycles. The third kappa shape index (κ3) is 11.3. The van der Waals surface area contributed by atoms with Crippen molar-refractivity contribution >= 4 is 44.6 Å². The van der Waals surface area contributed by atoms with Crippen LogP contribution in [0, 0.1) is 47.9 Å². The maximum absolute atomic E-state index is 16.8. The van der Waals surface area contributed by atoms with E-state index in [1.165, 1.54) is 0 Å². The maximum atomic E-state index is 16.8. The zero-order valence-electron chi connectivity index (χ0n) is 50.8. The average Bonchev–Trinajstić information content (AvgIpc) is 1.85. The van der Waals surface area contributed by atoms with E-state index in [0.717, 1.165) is 61.0 Å². The molecule has 1 aliphatic rings. The summed E-state index contributed by atoms with van der Waals surface area (Å²) >= 11 is 0. The molecule has 0 saturated heterocycles. The Bertz CT molecular complexity index is 4180. The predicted octanol–water partition coefficient (Wildman–Crippen LogP) is 21.2. The van der Waals surface area contributed by atoms with Crippen LogP contribution in [0.4, 0.5) is 44.7 Å². The standard InChI is InChI=1S/C74H70F5N4O.Pt/c1-70(2,3)46-26-24-43(25-27-46)44-34-51(40-53(35-44)84-52-28-29-55-54-20-16-17-21-58(54)83(61(55)41-52)62-39-47(30-31-80-62)71(4,5)6)81-42-82(60-23-19-18-22-59(60)81)69-56(45-32-48(72(7,8)9)36-49(33-45)73(10,11)12)37-50(74(13,14)15)38-57(69)63-64(75)66(77)68(79)67(78)65(63)76;/h16-39,42H,1-15H3;/q-3;. The molecule has 0 unspecified atom stereocenters. The molecule has 85 heavy (non-hydrogen) atoms. The number of anilines is 4. The number of hydrogen-bond acceptors (Lipinski definition) is 4. The van der Waals surface area contributed by atoms with Crippen LogP contribution in [0.3, 0.4) is 0 Å². The molecule has 0 aliphatic carbocycles. The molecule has 0 atom stereocenters. The van der Waals surface area contributed by atoms with E-state index in [1.54, 1.807) is 17.6 Å². The topological polar surface area (TPSA) is 33.5 Å². The second-order valence-electron chi connectivity index (χ2n) is 27.4. The zero-order chi connectivity index (χ0) is 60.3. The smallest absolute Gasteiger partial charge is 0.200 e. The maximum Gasteiger partial charge on any atom is 0.200 e. The van der Waals surface area contributed by atoms with Gasteiger partial charge in [-0.3, -0.25) is 0 Å². The number of aromatic nitrogens is 2. The Morgan fingerprint density at radius 1 is 0.435 bits per heavy atom. The van der Waals surface area contributed by atoms with Gasteiger partial charge in [0.25, 0.3) is 0 Å². The normalized spacial score (nSPS) is 13.2. The van der Waals surface area contributed by atoms with E-state index in [4.69, 9.17) is 9.72 Å². The molecule has 11 heteroatoms. The first-order valence-electron chi connectivity index (χ1n) is 28.5. The molecule has 8 aromatic carbocycles. The van der Waals surface area contributed by atoms with Crippen molar-refractivity contribution in [1.82, 2.24) is 9.55 Å². The second kappa shape index (κ2) is 21.8. The summed E-state index contributed by atoms with van der Waals surface area (Å²) in [5, 5.41) is 2.01. The minimum atomic E-state index is -2.23. The van der Waals surface area contributed by atoms with Crippen LogP contribution < -0.4 is 14.5 Å². The molecule has 0 amide bonds. The van der Waals surface area contributed by atoms with Gasteiger partial charge in [0.05, 0.1) is 5.56 Å². The van der Waals surface area contributed by atoms with Gasteiger partial charge in [-0.25, -0.2) is 26.9 Å². The molecule has 0 N–H and O–H groups in total. The molecule has 0 bridgehead atoms. The van der Waals surface area contributed by atoms with Crippen LogP contribution in [0.25, 0.3) is 61.0 Å². The monoisotopic (exact) mass is 1320 g/mol. The molecule has 0 radical (unpaired) electrons. The molecule has 11 rings (SSSR count). The minimum Gasteiger partial charge on any atom is -0.509 e. The van der Waals surface area contributed by atoms with Gasteiger partial charge in [0.2, 0.25) is 5.82 Å². The second-order valence-corrected chi connectivity index (χ2v) is 27.4. The fourth-order valence-electron chi connectivity index (χ4n) is 11.0. The van der Waals surface area contributed by atoms with Crippen molar-refractivity contribution in [3.8, 4) is 50.7 Å². The van der Waals surface area contributed by atoms with Crippen molar-refractivity contribution in [3.05, 3.63) is 221 Å². The predicted molar refractivity (Wildman–Crippen MR) is 334 cm³/mol. The number of nitrogens with zero attached hydrogens (tertiary/aromatic N) is 4. The largest absolute Gasteiger partial charge is 0.509 e. The van der Waals surface area contributed by atoms with Gasteiger partial charge in [0.15, 0.2) is 23.3 Å². The van der Waals surface area contributed by atoms with E-state index in [9.17, 15) is 0 Å². The van der Waals surface area contributed by atoms with Crippen molar-refractivity contribution in [1.29, 1.82) is 0 Å². The molecule has 440 valence electrons. The van der Waals surface area contributed by atoms with E-state index >= 15 is 22.0 Å². The first-order valence-corrected chi connectivity index (χ1v) is 28.5. The fourth-order valence-corrected chi connectivity index (χ4v) is 11.0. The molecule has 0 fully saturated rings. The summed E-state index contributed by atoms with van der Waals surface area (Å²) in [4.78, 5) is 8.60. The summed E-state index contributed by atoms with van der Waals surface area (Å²) in [6, 6.07) is 53.3. The van der Waals surface area contributed by atoms with Gasteiger partial charge < -0.3 is 19.1 Å². The van der Waals surface area contributed by atoms with Gasteiger partial charge >= 0.3 is 0 Å². The van der Waals surface area contributed by atoms with Crippen molar-refractivity contribution in [2.45, 2.75) is 131 Å². The number of pyridine rings is 1. The van der Waals surface area contributed by atoms with Crippen molar-refractivity contribution in [2.75, 3.05) is 9.80 Å². The quantitative estimate of drug-likeness (QED) is 0.0657. The van der Waals surface area contributed by atoms with Gasteiger partial charge in [-0.05, 0) is 114 Å². The third-order valence-electron chi connectivity index (χ3n) is 16.1. The summed E-state index contributed by atoms with van der Waals surface area (Å²) in [7, 11) is 0. The SMILES string of the molecule is CC(C)(C)c1ccc(-c2cc(Oc3[c-]c4c(cc3)c3ccccc3n4-c3cc(C(C)(C)C)ccn3)[c-]c(N3[CH-]N(c4c(-c5cc(C(C)(C)C)cc(C(C)(C)C)c5)cc(C(C)(C)C)cc4-c4c(F)c(F)c(F)c(F)c4F)c4ccccc43)c2)cc1.[Pt]. The van der Waals surface area contributed by atoms with Gasteiger partial charge in [0, 0.05) is 72.5 Å². The molecular formula is C74H70F5N4OPt-3. The number of rotatable bonds is 8. The van der Waals surface area contributed by atoms with E-state index in [2.05, 4.69) is 160 Å². The number of hydrogen-bond donors (Lipinski definition) is 0. The van der Waals surface area contributed by atoms with Crippen molar-refractivity contribution in [2.24, 2.45) is 0 Å². The van der Waals surface area contributed by atoms with Crippen LogP contribution in [0.2, 0.25) is 0 Å². The van der Waals surface area contributed by atoms with Gasteiger partial charge in [-0.2, -0.15) is 6.07 Å². The number of para-hydroxylation sites is 3. The van der Waals surface area contributed by atoms with E-state index < -0.39 is 40.1 Å². The molecule has 1 aliphatic heterocycles. The first-order chi connectivity index (χ1) is 39.4. The van der Waals surface area contributed by atoms with Crippen LogP contribution in [-0.4, -0.2) is 9.55 Å². The number of halogens is 5. The van der Waals surface area contributed by atoms with Gasteiger partial charge in [-0.15, -0.1) is 53.6 Å². The van der Waals surface area contributed by atoms with Crippen LogP contribution >= 0.6 is 0 Å². The van der Waals surface area contributed by atoms with Crippen LogP contribution in [0.5, 0.6) is 11.5 Å². The Labute approximate surface area is 511 Å². The summed E-state index contributed by atoms with van der Waals surface area (Å²) in [5.41, 5.74) is 8.73. The first kappa shape index (κ1) is 60.6. The molecule has 0 spiro atoms. The Morgan fingerprint density at radius 3 is 1.58 bits per heavy atom. The average molecular weight is 1320 g/mol. The zero-order valence-corrected chi connectivity index (χ0v) is 53.1. The Kier molecular flexibility index (Phi) is 15.5. The number of ether oxygens (including phenoxy) is 1. The van der Waals surface area contributed by atoms with E-state index in [1.807, 2.05) is 105 Å². The summed E-state index contributed by atoms with van der Waals surface area (Å²) < 4.78 is 89.4. The molecule has 3 heterocycles. The number of benzene rings is 8. The Balaban J connectivity index is 0.00000803. The minimum absolute atomic E-state index is 0. The van der Waals surface area contributed by atoms with E-state index in [0.29, 0.717) is 45.3 Å². The Morgan fingerprint density at radius 2 is 0.976 bits per heavy atom. The van der Waals surface area contributed by atoms with E-state index in [-0.39, 0.29) is 54.0 Å². The van der Waals surface area contributed by atoms with Gasteiger partial charge in [-0.1, -0.05) is 182 Å². The van der Waals surface area contributed by atoms with Crippen LogP contribution in [0.15, 0.2) is 146 Å². The summed E-state index contributed by atoms with van der Waals surface area (Å²) in [6.07, 6.45) is 1.84. The molecule has 10 aromatic rings. The van der Waals surface area contributed by atoms with Crippen molar-refractivity contribution < 1.29 is 47.8 Å². The summed E-state index contributed by atoms with van der Waals surface area (Å²) in [6.45, 7) is 33.4. The molecule has 5 nitrogen and oxygen atoms in total. The number of fused-ring (bicyclic) bond motifs is 4. The third-order valence-corrected chi connectivity index (χ3v) is 16.1.